The first-order chi connectivity index (χ1) is 33.7. The summed E-state index contributed by atoms with van der Waals surface area (Å²) < 4.78 is 8.87. The number of nitrogens with zero attached hydrogens (tertiary/aromatic N) is 1. The molecule has 12 aromatic rings. The van der Waals surface area contributed by atoms with Gasteiger partial charge in [-0.15, -0.1) is 0 Å². The normalized spacial score (nSPS) is 12.8. The van der Waals surface area contributed by atoms with Crippen LogP contribution in [0.3, 0.4) is 0 Å². The zero-order valence-corrected chi connectivity index (χ0v) is 37.4. The lowest BCUT2D eigenvalue weighted by molar-refractivity contribution is 0.669. The number of benzene rings is 10. The van der Waals surface area contributed by atoms with Crippen molar-refractivity contribution in [1.29, 1.82) is 0 Å². The van der Waals surface area contributed by atoms with Crippen molar-refractivity contribution < 1.29 is 4.42 Å². The van der Waals surface area contributed by atoms with E-state index < -0.39 is 0 Å². The summed E-state index contributed by atoms with van der Waals surface area (Å²) in [6.07, 6.45) is 6.83. The molecule has 320 valence electrons. The van der Waals surface area contributed by atoms with Gasteiger partial charge in [0.15, 0.2) is 0 Å². The Hall–Kier alpha value is -8.72. The predicted octanol–water partition coefficient (Wildman–Crippen LogP) is 18.3. The van der Waals surface area contributed by atoms with Crippen molar-refractivity contribution in [1.82, 2.24) is 4.57 Å². The maximum Gasteiger partial charge on any atom is 0.135 e. The third-order valence-electron chi connectivity index (χ3n) is 13.9. The molecule has 0 fully saturated rings. The van der Waals surface area contributed by atoms with Crippen LogP contribution in [0.2, 0.25) is 0 Å². The highest BCUT2D eigenvalue weighted by atomic mass is 16.3. The summed E-state index contributed by atoms with van der Waals surface area (Å²) in [5.41, 5.74) is 22.5. The summed E-state index contributed by atoms with van der Waals surface area (Å²) in [5, 5.41) is 4.69. The molecular formula is C66H45NO. The molecule has 1 aliphatic carbocycles. The van der Waals surface area contributed by atoms with E-state index in [1.54, 1.807) is 0 Å². The highest BCUT2D eigenvalue weighted by molar-refractivity contribution is 6.12. The van der Waals surface area contributed by atoms with Gasteiger partial charge in [0, 0.05) is 27.2 Å². The first kappa shape index (κ1) is 39.6. The summed E-state index contributed by atoms with van der Waals surface area (Å²) in [4.78, 5) is 0. The molecule has 2 heteroatoms. The Morgan fingerprint density at radius 1 is 0.309 bits per heavy atom. The second kappa shape index (κ2) is 16.6. The fourth-order valence-electron chi connectivity index (χ4n) is 10.4. The number of furan rings is 1. The van der Waals surface area contributed by atoms with Crippen molar-refractivity contribution in [3.05, 3.63) is 260 Å². The highest BCUT2D eigenvalue weighted by Gasteiger charge is 2.17. The van der Waals surface area contributed by atoms with Crippen LogP contribution >= 0.6 is 0 Å². The van der Waals surface area contributed by atoms with Crippen LogP contribution in [-0.2, 0) is 0 Å². The lowest BCUT2D eigenvalue weighted by Gasteiger charge is -2.16. The topological polar surface area (TPSA) is 18.1 Å². The van der Waals surface area contributed by atoms with E-state index in [2.05, 4.69) is 253 Å². The smallest absolute Gasteiger partial charge is 0.135 e. The third-order valence-corrected chi connectivity index (χ3v) is 13.9. The summed E-state index contributed by atoms with van der Waals surface area (Å²) in [7, 11) is 0. The number of hydrogen-bond acceptors (Lipinski definition) is 1. The summed E-state index contributed by atoms with van der Waals surface area (Å²) in [6.45, 7) is 0. The number of para-hydroxylation sites is 1. The Morgan fingerprint density at radius 2 is 0.765 bits per heavy atom. The molecule has 0 aliphatic heterocycles. The van der Waals surface area contributed by atoms with Gasteiger partial charge >= 0.3 is 0 Å². The molecule has 0 atom stereocenters. The van der Waals surface area contributed by atoms with Crippen molar-refractivity contribution >= 4 is 54.9 Å². The molecule has 0 N–H and O–H groups in total. The predicted molar refractivity (Wildman–Crippen MR) is 287 cm³/mol. The third kappa shape index (κ3) is 7.15. The maximum atomic E-state index is 6.48. The zero-order valence-electron chi connectivity index (χ0n) is 37.4. The maximum absolute atomic E-state index is 6.48. The summed E-state index contributed by atoms with van der Waals surface area (Å²) in [6, 6.07) is 86.0. The van der Waals surface area contributed by atoms with Gasteiger partial charge in [-0.25, -0.2) is 0 Å². The SMILES string of the molecule is C1=C(c2ccccc2)C=C(c2cccc(-c3cccc(-c4cccc(-c5cccc(-c6ccc7oc8ccc(-n9c%10ccccc%10c%10cc(-c%11ccccc%11)ccc%109)cc8c7c6)c5)c4)c3)c2)CC1. The van der Waals surface area contributed by atoms with Crippen LogP contribution in [0.25, 0.3) is 116 Å². The number of aromatic nitrogens is 1. The quantitative estimate of drug-likeness (QED) is 0.149. The van der Waals surface area contributed by atoms with Crippen molar-refractivity contribution in [3.63, 3.8) is 0 Å². The van der Waals surface area contributed by atoms with E-state index in [1.165, 1.54) is 94.2 Å². The number of rotatable bonds is 8. The van der Waals surface area contributed by atoms with E-state index in [1.807, 2.05) is 0 Å². The Labute approximate surface area is 396 Å². The average Bonchev–Trinajstić information content (AvgIpc) is 3.96. The lowest BCUT2D eigenvalue weighted by Crippen LogP contribution is -1.93. The number of hydrogen-bond donors (Lipinski definition) is 0. The van der Waals surface area contributed by atoms with Gasteiger partial charge in [-0.2, -0.15) is 0 Å². The second-order valence-electron chi connectivity index (χ2n) is 18.0. The fourth-order valence-corrected chi connectivity index (χ4v) is 10.4. The fraction of sp³-hybridized carbons (Fsp3) is 0.0303. The standard InChI is InChI=1S/C66H45NO/c1-3-14-44(15-4-1)46-18-9-19-47(36-46)48-20-10-21-49(37-48)50-22-11-23-51(38-50)52-24-12-25-53(39-52)54-26-13-27-55(40-54)57-31-34-65-61(42-57)62-43-58(32-35-66(62)68-65)67-63-29-8-7-28-59(63)60-41-56(30-33-64(60)67)45-16-5-2-6-17-45/h1-8,10-18,20-43H,9,19H2. The van der Waals surface area contributed by atoms with Crippen LogP contribution in [0, 0.1) is 0 Å². The summed E-state index contributed by atoms with van der Waals surface area (Å²) in [5.74, 6) is 0. The molecule has 1 aliphatic rings. The lowest BCUT2D eigenvalue weighted by atomic mass is 9.89. The Balaban J connectivity index is 0.810. The Kier molecular flexibility index (Phi) is 9.68. The molecule has 0 radical (unpaired) electrons. The minimum atomic E-state index is 0.881. The molecule has 10 aromatic carbocycles. The Morgan fingerprint density at radius 3 is 1.41 bits per heavy atom. The molecule has 2 aromatic heterocycles. The van der Waals surface area contributed by atoms with E-state index in [-0.39, 0.29) is 0 Å². The molecule has 0 saturated heterocycles. The van der Waals surface area contributed by atoms with Crippen LogP contribution in [0.1, 0.15) is 24.0 Å². The van der Waals surface area contributed by atoms with Crippen molar-refractivity contribution in [2.24, 2.45) is 0 Å². The highest BCUT2D eigenvalue weighted by Crippen LogP contribution is 2.40. The van der Waals surface area contributed by atoms with Gasteiger partial charge in [0.05, 0.1) is 11.0 Å². The van der Waals surface area contributed by atoms with Gasteiger partial charge in [-0.1, -0.05) is 176 Å². The van der Waals surface area contributed by atoms with Crippen LogP contribution < -0.4 is 0 Å². The molecule has 68 heavy (non-hydrogen) atoms. The van der Waals surface area contributed by atoms with Gasteiger partial charge in [-0.05, 0) is 164 Å². The van der Waals surface area contributed by atoms with E-state index in [9.17, 15) is 0 Å². The summed E-state index contributed by atoms with van der Waals surface area (Å²) >= 11 is 0. The Bertz CT molecular complexity index is 3960. The molecular weight excluding hydrogens is 823 g/mol. The van der Waals surface area contributed by atoms with Crippen molar-refractivity contribution in [2.45, 2.75) is 12.8 Å². The second-order valence-corrected chi connectivity index (χ2v) is 18.0. The van der Waals surface area contributed by atoms with E-state index in [0.29, 0.717) is 0 Å². The van der Waals surface area contributed by atoms with E-state index in [0.717, 1.165) is 46.0 Å². The van der Waals surface area contributed by atoms with Crippen LogP contribution in [0.5, 0.6) is 0 Å². The van der Waals surface area contributed by atoms with Crippen LogP contribution in [0.15, 0.2) is 253 Å². The molecule has 0 spiro atoms. The first-order valence-corrected chi connectivity index (χ1v) is 23.6. The van der Waals surface area contributed by atoms with Crippen molar-refractivity contribution in [3.8, 4) is 61.3 Å². The molecule has 0 bridgehead atoms. The van der Waals surface area contributed by atoms with E-state index in [4.69, 9.17) is 4.42 Å². The molecule has 0 saturated carbocycles. The number of allylic oxidation sites excluding steroid dienone is 4. The van der Waals surface area contributed by atoms with Crippen LogP contribution in [0.4, 0.5) is 0 Å². The monoisotopic (exact) mass is 867 g/mol. The average molecular weight is 868 g/mol. The molecule has 0 unspecified atom stereocenters. The van der Waals surface area contributed by atoms with E-state index >= 15 is 0 Å². The molecule has 0 amide bonds. The van der Waals surface area contributed by atoms with Gasteiger partial charge in [0.25, 0.3) is 0 Å². The minimum absolute atomic E-state index is 0.881. The van der Waals surface area contributed by atoms with Crippen LogP contribution in [-0.4, -0.2) is 4.57 Å². The van der Waals surface area contributed by atoms with Gasteiger partial charge in [0.2, 0.25) is 0 Å². The minimum Gasteiger partial charge on any atom is -0.456 e. The van der Waals surface area contributed by atoms with Gasteiger partial charge < -0.3 is 8.98 Å². The molecule has 13 rings (SSSR count). The number of fused-ring (bicyclic) bond motifs is 6. The first-order valence-electron chi connectivity index (χ1n) is 23.6. The molecule has 2 heterocycles. The largest absolute Gasteiger partial charge is 0.456 e. The zero-order chi connectivity index (χ0) is 45.0. The van der Waals surface area contributed by atoms with Crippen molar-refractivity contribution in [2.75, 3.05) is 0 Å². The van der Waals surface area contributed by atoms with Gasteiger partial charge in [0.1, 0.15) is 11.2 Å². The molecule has 2 nitrogen and oxygen atoms in total. The van der Waals surface area contributed by atoms with Gasteiger partial charge in [-0.3, -0.25) is 0 Å².